The molecule has 5 heteroatoms. The molecule has 0 amide bonds. The van der Waals surface area contributed by atoms with Crippen LogP contribution >= 0.6 is 27.7 Å². The van der Waals surface area contributed by atoms with Crippen LogP contribution in [0, 0.1) is 0 Å². The molecule has 0 spiro atoms. The standard InChI is InChI=1S/C10H12BrNO2S/c1-14-10(13)4-5-15-9-6-7(11)2-3-8(9)12/h2-3,6H,4-5,12H2,1H3. The highest BCUT2D eigenvalue weighted by atomic mass is 79.9. The summed E-state index contributed by atoms with van der Waals surface area (Å²) in [6.07, 6.45) is 0.396. The summed E-state index contributed by atoms with van der Waals surface area (Å²) in [4.78, 5) is 11.9. The van der Waals surface area contributed by atoms with Crippen LogP contribution in [0.1, 0.15) is 6.42 Å². The Morgan fingerprint density at radius 2 is 2.33 bits per heavy atom. The number of hydrogen-bond donors (Lipinski definition) is 1. The van der Waals surface area contributed by atoms with Crippen molar-refractivity contribution in [3.8, 4) is 0 Å². The Bertz CT molecular complexity index is 357. The maximum atomic E-state index is 10.9. The minimum atomic E-state index is -0.198. The molecule has 1 aromatic rings. The van der Waals surface area contributed by atoms with Gasteiger partial charge >= 0.3 is 5.97 Å². The number of hydrogen-bond acceptors (Lipinski definition) is 4. The zero-order valence-corrected chi connectivity index (χ0v) is 10.7. The second-order valence-corrected chi connectivity index (χ2v) is 4.91. The van der Waals surface area contributed by atoms with Crippen molar-refractivity contribution in [1.29, 1.82) is 0 Å². The van der Waals surface area contributed by atoms with Gasteiger partial charge in [-0.05, 0) is 18.2 Å². The van der Waals surface area contributed by atoms with Gasteiger partial charge in [0.1, 0.15) is 0 Å². The predicted octanol–water partition coefficient (Wildman–Crippen LogP) is 2.69. The molecular weight excluding hydrogens is 278 g/mol. The van der Waals surface area contributed by atoms with Gasteiger partial charge in [-0.3, -0.25) is 4.79 Å². The first-order valence-electron chi connectivity index (χ1n) is 4.38. The minimum absolute atomic E-state index is 0.198. The molecule has 15 heavy (non-hydrogen) atoms. The Hall–Kier alpha value is -0.680. The molecule has 0 unspecified atom stereocenters. The lowest BCUT2D eigenvalue weighted by Crippen LogP contribution is -2.01. The number of carbonyl (C=O) groups excluding carboxylic acids is 1. The normalized spacial score (nSPS) is 10.0. The van der Waals surface area contributed by atoms with E-state index in [-0.39, 0.29) is 5.97 Å². The molecule has 3 nitrogen and oxygen atoms in total. The number of nitrogens with two attached hydrogens (primary N) is 1. The monoisotopic (exact) mass is 289 g/mol. The van der Waals surface area contributed by atoms with Gasteiger partial charge in [0.25, 0.3) is 0 Å². The Labute approximate surface area is 101 Å². The van der Waals surface area contributed by atoms with Crippen molar-refractivity contribution in [2.24, 2.45) is 0 Å². The summed E-state index contributed by atoms with van der Waals surface area (Å²) in [5, 5.41) is 0. The highest BCUT2D eigenvalue weighted by Crippen LogP contribution is 2.28. The van der Waals surface area contributed by atoms with Gasteiger partial charge in [0.05, 0.1) is 13.5 Å². The summed E-state index contributed by atoms with van der Waals surface area (Å²) >= 11 is 4.92. The van der Waals surface area contributed by atoms with E-state index >= 15 is 0 Å². The van der Waals surface area contributed by atoms with Crippen LogP contribution in [0.25, 0.3) is 0 Å². The van der Waals surface area contributed by atoms with E-state index < -0.39 is 0 Å². The number of thioether (sulfide) groups is 1. The maximum Gasteiger partial charge on any atom is 0.306 e. The molecule has 0 saturated carbocycles. The number of methoxy groups -OCH3 is 1. The van der Waals surface area contributed by atoms with Gasteiger partial charge in [-0.2, -0.15) is 0 Å². The molecule has 0 fully saturated rings. The minimum Gasteiger partial charge on any atom is -0.469 e. The summed E-state index contributed by atoms with van der Waals surface area (Å²) in [5.41, 5.74) is 6.51. The molecule has 1 rings (SSSR count). The summed E-state index contributed by atoms with van der Waals surface area (Å²) in [5.74, 6) is 0.476. The third-order valence-corrected chi connectivity index (χ3v) is 3.33. The van der Waals surface area contributed by atoms with Gasteiger partial charge in [0.15, 0.2) is 0 Å². The van der Waals surface area contributed by atoms with E-state index in [4.69, 9.17) is 5.73 Å². The molecule has 2 N–H and O–H groups in total. The zero-order valence-electron chi connectivity index (χ0n) is 8.33. The van der Waals surface area contributed by atoms with Crippen LogP contribution in [0.5, 0.6) is 0 Å². The summed E-state index contributed by atoms with van der Waals surface area (Å²) in [6.45, 7) is 0. The van der Waals surface area contributed by atoms with Crippen LogP contribution in [-0.2, 0) is 9.53 Å². The predicted molar refractivity (Wildman–Crippen MR) is 65.9 cm³/mol. The van der Waals surface area contributed by atoms with E-state index in [0.29, 0.717) is 12.2 Å². The van der Waals surface area contributed by atoms with E-state index in [9.17, 15) is 4.79 Å². The van der Waals surface area contributed by atoms with Crippen LogP contribution in [0.15, 0.2) is 27.6 Å². The van der Waals surface area contributed by atoms with Crippen molar-refractivity contribution < 1.29 is 9.53 Å². The molecule has 0 radical (unpaired) electrons. The lowest BCUT2D eigenvalue weighted by molar-refractivity contribution is -0.140. The van der Waals surface area contributed by atoms with Gasteiger partial charge in [-0.15, -0.1) is 11.8 Å². The third-order valence-electron chi connectivity index (χ3n) is 1.77. The first-order valence-corrected chi connectivity index (χ1v) is 6.16. The first-order chi connectivity index (χ1) is 7.13. The molecule has 0 saturated heterocycles. The number of rotatable bonds is 4. The molecule has 0 atom stereocenters. The Kier molecular flexibility index (Phi) is 4.98. The number of nitrogen functional groups attached to an aromatic ring is 1. The lowest BCUT2D eigenvalue weighted by Gasteiger charge is -2.05. The fourth-order valence-electron chi connectivity index (χ4n) is 0.980. The van der Waals surface area contributed by atoms with Crippen molar-refractivity contribution in [2.45, 2.75) is 11.3 Å². The third kappa shape index (κ3) is 4.13. The molecule has 0 aromatic heterocycles. The highest BCUT2D eigenvalue weighted by molar-refractivity contribution is 9.10. The van der Waals surface area contributed by atoms with Crippen LogP contribution in [0.4, 0.5) is 5.69 Å². The fraction of sp³-hybridized carbons (Fsp3) is 0.300. The van der Waals surface area contributed by atoms with Gasteiger partial charge in [0, 0.05) is 20.8 Å². The molecular formula is C10H12BrNO2S. The number of anilines is 1. The second kappa shape index (κ2) is 6.02. The molecule has 0 heterocycles. The first kappa shape index (κ1) is 12.4. The van der Waals surface area contributed by atoms with Crippen LogP contribution in [-0.4, -0.2) is 18.8 Å². The van der Waals surface area contributed by atoms with Crippen molar-refractivity contribution in [3.63, 3.8) is 0 Å². The van der Waals surface area contributed by atoms with Crippen LogP contribution in [0.3, 0.4) is 0 Å². The van der Waals surface area contributed by atoms with Crippen LogP contribution < -0.4 is 5.73 Å². The molecule has 82 valence electrons. The van der Waals surface area contributed by atoms with Crippen molar-refractivity contribution >= 4 is 39.3 Å². The lowest BCUT2D eigenvalue weighted by atomic mass is 10.3. The van der Waals surface area contributed by atoms with Crippen molar-refractivity contribution in [1.82, 2.24) is 0 Å². The molecule has 0 aliphatic carbocycles. The van der Waals surface area contributed by atoms with Crippen LogP contribution in [0.2, 0.25) is 0 Å². The smallest absolute Gasteiger partial charge is 0.306 e. The second-order valence-electron chi connectivity index (χ2n) is 2.86. The number of benzene rings is 1. The SMILES string of the molecule is COC(=O)CCSc1cc(Br)ccc1N. The zero-order chi connectivity index (χ0) is 11.3. The van der Waals surface area contributed by atoms with E-state index in [1.807, 2.05) is 18.2 Å². The van der Waals surface area contributed by atoms with E-state index in [1.165, 1.54) is 7.11 Å². The van der Waals surface area contributed by atoms with Crippen molar-refractivity contribution in [2.75, 3.05) is 18.6 Å². The maximum absolute atomic E-state index is 10.9. The largest absolute Gasteiger partial charge is 0.469 e. The van der Waals surface area contributed by atoms with E-state index in [0.717, 1.165) is 15.1 Å². The summed E-state index contributed by atoms with van der Waals surface area (Å²) < 4.78 is 5.53. The quantitative estimate of drug-likeness (QED) is 0.526. The number of carbonyl (C=O) groups is 1. The molecule has 0 aliphatic rings. The number of halogens is 1. The van der Waals surface area contributed by atoms with Crippen molar-refractivity contribution in [3.05, 3.63) is 22.7 Å². The molecule has 0 bridgehead atoms. The van der Waals surface area contributed by atoms with Gasteiger partial charge in [0.2, 0.25) is 0 Å². The molecule has 1 aromatic carbocycles. The van der Waals surface area contributed by atoms with Gasteiger partial charge < -0.3 is 10.5 Å². The average Bonchev–Trinajstić information content (AvgIpc) is 2.23. The number of esters is 1. The van der Waals surface area contributed by atoms with Gasteiger partial charge in [-0.25, -0.2) is 0 Å². The topological polar surface area (TPSA) is 52.3 Å². The summed E-state index contributed by atoms with van der Waals surface area (Å²) in [6, 6.07) is 5.67. The summed E-state index contributed by atoms with van der Waals surface area (Å²) in [7, 11) is 1.39. The molecule has 0 aliphatic heterocycles. The Morgan fingerprint density at radius 1 is 1.60 bits per heavy atom. The number of ether oxygens (including phenoxy) is 1. The highest BCUT2D eigenvalue weighted by Gasteiger charge is 2.04. The Morgan fingerprint density at radius 3 is 3.00 bits per heavy atom. The van der Waals surface area contributed by atoms with Gasteiger partial charge in [-0.1, -0.05) is 15.9 Å². The Balaban J connectivity index is 2.50. The van der Waals surface area contributed by atoms with E-state index in [1.54, 1.807) is 11.8 Å². The average molecular weight is 290 g/mol. The fourth-order valence-corrected chi connectivity index (χ4v) is 2.43. The van der Waals surface area contributed by atoms with E-state index in [2.05, 4.69) is 20.7 Å².